The summed E-state index contributed by atoms with van der Waals surface area (Å²) in [7, 11) is 1.35. The van der Waals surface area contributed by atoms with Gasteiger partial charge in [-0.1, -0.05) is 24.8 Å². The predicted octanol–water partition coefficient (Wildman–Crippen LogP) is 5.27. The van der Waals surface area contributed by atoms with Gasteiger partial charge in [-0.15, -0.1) is 0 Å². The average Bonchev–Trinajstić information content (AvgIpc) is 2.78. The van der Waals surface area contributed by atoms with Crippen molar-refractivity contribution < 1.29 is 13.2 Å². The van der Waals surface area contributed by atoms with E-state index in [1.54, 1.807) is 42.9 Å². The topological polar surface area (TPSA) is 50.2 Å². The number of hydrogen-bond donors (Lipinski definition) is 1. The quantitative estimate of drug-likeness (QED) is 0.585. The van der Waals surface area contributed by atoms with Crippen LogP contribution in [0, 0.1) is 0 Å². The molecule has 162 valence electrons. The summed E-state index contributed by atoms with van der Waals surface area (Å²) in [6.45, 7) is 6.21. The number of aromatic nitrogens is 2. The molecule has 0 aliphatic heterocycles. The number of nitrogens with one attached hydrogen (secondary N) is 1. The van der Waals surface area contributed by atoms with E-state index in [0.717, 1.165) is 22.5 Å². The van der Waals surface area contributed by atoms with Gasteiger partial charge in [0.15, 0.2) is 0 Å². The number of alkyl halides is 3. The van der Waals surface area contributed by atoms with Crippen LogP contribution in [0.5, 0.6) is 0 Å². The van der Waals surface area contributed by atoms with Gasteiger partial charge in [-0.3, -0.25) is 15.0 Å². The van der Waals surface area contributed by atoms with Crippen LogP contribution >= 0.6 is 0 Å². The van der Waals surface area contributed by atoms with Gasteiger partial charge in [-0.05, 0) is 47.4 Å². The molecule has 1 N–H and O–H groups in total. The molecule has 31 heavy (non-hydrogen) atoms. The molecular weight excluding hydrogens is 401 g/mol. The first kappa shape index (κ1) is 22.5. The summed E-state index contributed by atoms with van der Waals surface area (Å²) in [5, 5.41) is 3.23. The van der Waals surface area contributed by atoms with Gasteiger partial charge in [-0.2, -0.15) is 0 Å². The van der Waals surface area contributed by atoms with E-state index in [9.17, 15) is 13.2 Å². The minimum Gasteiger partial charge on any atom is -0.379 e. The maximum Gasteiger partial charge on any atom is 0.276 e. The summed E-state index contributed by atoms with van der Waals surface area (Å²) >= 11 is 0. The van der Waals surface area contributed by atoms with Gasteiger partial charge >= 0.3 is 0 Å². The fourth-order valence-electron chi connectivity index (χ4n) is 3.40. The fraction of sp³-hybridized carbons (Fsp3) is 0.292. The lowest BCUT2D eigenvalue weighted by molar-refractivity contribution is 0.224. The highest BCUT2D eigenvalue weighted by molar-refractivity contribution is 5.95. The Labute approximate surface area is 180 Å². The second kappa shape index (κ2) is 10.2. The number of aliphatic imine (C=N–C) groups is 1. The molecule has 0 aromatic carbocycles. The number of hydrogen-bond acceptors (Lipinski definition) is 4. The first-order chi connectivity index (χ1) is 14.9. The smallest absolute Gasteiger partial charge is 0.276 e. The lowest BCUT2D eigenvalue weighted by Crippen LogP contribution is -2.22. The number of rotatable bonds is 8. The lowest BCUT2D eigenvalue weighted by atomic mass is 9.88. The molecule has 2 atom stereocenters. The third-order valence-corrected chi connectivity index (χ3v) is 5.22. The monoisotopic (exact) mass is 426 g/mol. The Morgan fingerprint density at radius 1 is 1.23 bits per heavy atom. The van der Waals surface area contributed by atoms with Crippen molar-refractivity contribution in [2.24, 2.45) is 4.99 Å². The molecule has 4 nitrogen and oxygen atoms in total. The predicted molar refractivity (Wildman–Crippen MR) is 118 cm³/mol. The summed E-state index contributed by atoms with van der Waals surface area (Å²) in [5.41, 5.74) is 4.27. The zero-order chi connectivity index (χ0) is 22.4. The van der Waals surface area contributed by atoms with E-state index in [2.05, 4.69) is 26.9 Å². The molecular formula is C24H25F3N4. The second-order valence-electron chi connectivity index (χ2n) is 7.37. The van der Waals surface area contributed by atoms with Crippen LogP contribution in [-0.2, 0) is 6.54 Å². The van der Waals surface area contributed by atoms with Crippen LogP contribution in [0.15, 0.2) is 77.8 Å². The molecule has 0 saturated heterocycles. The van der Waals surface area contributed by atoms with E-state index < -0.39 is 12.6 Å². The highest BCUT2D eigenvalue weighted by atomic mass is 19.3. The van der Waals surface area contributed by atoms with Gasteiger partial charge < -0.3 is 5.32 Å². The fourth-order valence-corrected chi connectivity index (χ4v) is 3.40. The SMILES string of the molecule is C=C(C/C(=N\C)C(F)F)c1ccc(CNC2=CC(F)C(c3cccnc3)C=C2C)nc1. The van der Waals surface area contributed by atoms with Crippen molar-refractivity contribution in [3.05, 3.63) is 89.7 Å². The summed E-state index contributed by atoms with van der Waals surface area (Å²) < 4.78 is 40.5. The molecule has 7 heteroatoms. The largest absolute Gasteiger partial charge is 0.379 e. The molecule has 0 fully saturated rings. The molecule has 0 saturated carbocycles. The van der Waals surface area contributed by atoms with E-state index in [1.807, 2.05) is 19.1 Å². The van der Waals surface area contributed by atoms with Gasteiger partial charge in [0.2, 0.25) is 0 Å². The van der Waals surface area contributed by atoms with Crippen LogP contribution in [0.1, 0.15) is 36.1 Å². The van der Waals surface area contributed by atoms with Crippen molar-refractivity contribution in [3.8, 4) is 0 Å². The highest BCUT2D eigenvalue weighted by Gasteiger charge is 2.24. The van der Waals surface area contributed by atoms with Gasteiger partial charge in [0.05, 0.1) is 18.0 Å². The van der Waals surface area contributed by atoms with Crippen LogP contribution in [0.4, 0.5) is 13.2 Å². The van der Waals surface area contributed by atoms with Crippen molar-refractivity contribution in [1.29, 1.82) is 0 Å². The molecule has 3 rings (SSSR count). The van der Waals surface area contributed by atoms with Crippen molar-refractivity contribution in [1.82, 2.24) is 15.3 Å². The Kier molecular flexibility index (Phi) is 7.39. The molecule has 1 aliphatic rings. The zero-order valence-corrected chi connectivity index (χ0v) is 17.5. The van der Waals surface area contributed by atoms with Crippen LogP contribution in [-0.4, -0.2) is 35.3 Å². The van der Waals surface area contributed by atoms with E-state index in [0.29, 0.717) is 17.7 Å². The molecule has 2 unspecified atom stereocenters. The molecule has 0 bridgehead atoms. The van der Waals surface area contributed by atoms with E-state index >= 15 is 0 Å². The first-order valence-electron chi connectivity index (χ1n) is 9.94. The standard InChI is InChI=1S/C24H25F3N4/c1-15(10-23(28-3)24(26)27)17-6-7-19(30-13-17)14-31-22-11-21(25)20(9-16(22)2)18-5-4-8-29-12-18/h4-9,11-13,20-21,24,31H,1,10,14H2,2-3H3/b28-23+. The Balaban J connectivity index is 1.60. The third kappa shape index (κ3) is 5.69. The molecule has 2 heterocycles. The molecule has 2 aromatic heterocycles. The number of nitrogens with zero attached hydrogens (tertiary/aromatic N) is 3. The Bertz CT molecular complexity index is 995. The van der Waals surface area contributed by atoms with Crippen molar-refractivity contribution in [3.63, 3.8) is 0 Å². The van der Waals surface area contributed by atoms with Crippen molar-refractivity contribution in [2.45, 2.75) is 38.4 Å². The first-order valence-corrected chi connectivity index (χ1v) is 9.94. The summed E-state index contributed by atoms with van der Waals surface area (Å²) in [6, 6.07) is 7.26. The molecule has 0 radical (unpaired) electrons. The van der Waals surface area contributed by atoms with Gasteiger partial charge in [0.25, 0.3) is 6.43 Å². The summed E-state index contributed by atoms with van der Waals surface area (Å²) in [6.07, 6.45) is 4.69. The summed E-state index contributed by atoms with van der Waals surface area (Å²) in [5.74, 6) is -0.354. The summed E-state index contributed by atoms with van der Waals surface area (Å²) in [4.78, 5) is 12.1. The number of allylic oxidation sites excluding steroid dienone is 4. The van der Waals surface area contributed by atoms with Crippen LogP contribution in [0.25, 0.3) is 5.57 Å². The van der Waals surface area contributed by atoms with Crippen LogP contribution in [0.3, 0.4) is 0 Å². The van der Waals surface area contributed by atoms with Gasteiger partial charge in [-0.25, -0.2) is 13.2 Å². The maximum atomic E-state index is 14.7. The highest BCUT2D eigenvalue weighted by Crippen LogP contribution is 2.31. The average molecular weight is 426 g/mol. The Morgan fingerprint density at radius 3 is 2.65 bits per heavy atom. The molecule has 0 spiro atoms. The Hall–Kier alpha value is -3.22. The number of pyridine rings is 2. The number of halogens is 3. The minimum atomic E-state index is -2.60. The molecule has 2 aromatic rings. The Morgan fingerprint density at radius 2 is 2.03 bits per heavy atom. The van der Waals surface area contributed by atoms with E-state index in [1.165, 1.54) is 7.05 Å². The van der Waals surface area contributed by atoms with E-state index in [-0.39, 0.29) is 18.1 Å². The molecule has 0 amide bonds. The van der Waals surface area contributed by atoms with Crippen LogP contribution < -0.4 is 5.32 Å². The lowest BCUT2D eigenvalue weighted by Gasteiger charge is -2.24. The van der Waals surface area contributed by atoms with Gasteiger partial charge in [0, 0.05) is 43.7 Å². The molecule has 1 aliphatic carbocycles. The minimum absolute atomic E-state index is 0.000306. The van der Waals surface area contributed by atoms with Crippen molar-refractivity contribution in [2.75, 3.05) is 7.05 Å². The van der Waals surface area contributed by atoms with Crippen molar-refractivity contribution >= 4 is 11.3 Å². The normalized spacial score (nSPS) is 19.1. The maximum absolute atomic E-state index is 14.7. The van der Waals surface area contributed by atoms with E-state index in [4.69, 9.17) is 0 Å². The van der Waals surface area contributed by atoms with Crippen LogP contribution in [0.2, 0.25) is 0 Å². The zero-order valence-electron chi connectivity index (χ0n) is 17.5. The second-order valence-corrected chi connectivity index (χ2v) is 7.37. The van der Waals surface area contributed by atoms with Gasteiger partial charge in [0.1, 0.15) is 6.17 Å². The third-order valence-electron chi connectivity index (χ3n) is 5.22.